The predicted octanol–water partition coefficient (Wildman–Crippen LogP) is 8.86. The summed E-state index contributed by atoms with van der Waals surface area (Å²) in [4.78, 5) is 4.83. The van der Waals surface area contributed by atoms with E-state index in [-0.39, 0.29) is 11.2 Å². The van der Waals surface area contributed by atoms with E-state index in [9.17, 15) is 13.2 Å². The van der Waals surface area contributed by atoms with Crippen molar-refractivity contribution in [1.82, 2.24) is 19.7 Å². The number of aryl methyl sites for hydroxylation is 1. The predicted molar refractivity (Wildman–Crippen MR) is 178 cm³/mol. The largest absolute Gasteiger partial charge is 0.573 e. The van der Waals surface area contributed by atoms with Crippen LogP contribution < -0.4 is 10.1 Å². The topological polar surface area (TPSA) is 32.7 Å². The van der Waals surface area contributed by atoms with Crippen LogP contribution in [-0.4, -0.2) is 60.0 Å². The lowest BCUT2D eigenvalue weighted by molar-refractivity contribution is -0.274. The average Bonchev–Trinajstić information content (AvgIpc) is 3.32. The van der Waals surface area contributed by atoms with Crippen LogP contribution in [0.15, 0.2) is 66.9 Å². The first-order chi connectivity index (χ1) is 21.3. The minimum Gasteiger partial charge on any atom is -0.406 e. The fourth-order valence-electron chi connectivity index (χ4n) is 5.80. The van der Waals surface area contributed by atoms with E-state index in [0.717, 1.165) is 92.9 Å². The highest BCUT2D eigenvalue weighted by molar-refractivity contribution is 6.35. The fourth-order valence-corrected chi connectivity index (χ4v) is 6.32. The van der Waals surface area contributed by atoms with Crippen molar-refractivity contribution >= 4 is 34.1 Å². The average molecular weight is 662 g/mol. The number of hydrogen-bond donors (Lipinski definition) is 1. The molecule has 10 heteroatoms. The summed E-state index contributed by atoms with van der Waals surface area (Å²) in [5.74, 6) is -0.225. The Hall–Kier alpha value is -2.75. The van der Waals surface area contributed by atoms with E-state index >= 15 is 0 Å². The summed E-state index contributed by atoms with van der Waals surface area (Å²) in [6, 6.07) is 18.4. The van der Waals surface area contributed by atoms with Gasteiger partial charge in [0.25, 0.3) is 0 Å². The zero-order valence-electron chi connectivity index (χ0n) is 26.1. The molecule has 1 fully saturated rings. The third-order valence-corrected chi connectivity index (χ3v) is 8.78. The number of benzene rings is 3. The second-order valence-electron chi connectivity index (χ2n) is 13.0. The van der Waals surface area contributed by atoms with Crippen molar-refractivity contribution in [3.8, 4) is 16.9 Å². The van der Waals surface area contributed by atoms with Crippen LogP contribution in [0.4, 0.5) is 13.2 Å². The second-order valence-corrected chi connectivity index (χ2v) is 13.8. The van der Waals surface area contributed by atoms with Crippen LogP contribution in [0.1, 0.15) is 38.3 Å². The van der Waals surface area contributed by atoms with Gasteiger partial charge in [0.1, 0.15) is 5.75 Å². The molecule has 0 saturated carbocycles. The van der Waals surface area contributed by atoms with Crippen molar-refractivity contribution in [2.75, 3.05) is 39.3 Å². The molecule has 0 spiro atoms. The maximum absolute atomic E-state index is 12.8. The first-order valence-electron chi connectivity index (χ1n) is 15.4. The molecule has 2 heterocycles. The first kappa shape index (κ1) is 33.6. The summed E-state index contributed by atoms with van der Waals surface area (Å²) in [6.45, 7) is 14.6. The van der Waals surface area contributed by atoms with E-state index in [1.54, 1.807) is 12.1 Å². The molecule has 1 aliphatic rings. The van der Waals surface area contributed by atoms with Gasteiger partial charge in [0.05, 0.1) is 0 Å². The molecule has 5 rings (SSSR count). The van der Waals surface area contributed by atoms with E-state index in [1.807, 2.05) is 18.2 Å². The highest BCUT2D eigenvalue weighted by Gasteiger charge is 2.31. The Labute approximate surface area is 273 Å². The van der Waals surface area contributed by atoms with Gasteiger partial charge in [0.15, 0.2) is 0 Å². The van der Waals surface area contributed by atoms with Gasteiger partial charge in [-0.15, -0.1) is 13.2 Å². The molecule has 0 amide bonds. The maximum atomic E-state index is 12.8. The Morgan fingerprint density at radius 3 is 2.11 bits per heavy atom. The van der Waals surface area contributed by atoms with E-state index in [1.165, 1.54) is 17.7 Å². The molecule has 5 nitrogen and oxygen atoms in total. The van der Waals surface area contributed by atoms with Crippen LogP contribution in [0.2, 0.25) is 10.0 Å². The molecular formula is C35H41Cl2F3N4O. The van der Waals surface area contributed by atoms with Gasteiger partial charge in [-0.3, -0.25) is 9.80 Å². The molecule has 1 aliphatic heterocycles. The van der Waals surface area contributed by atoms with Gasteiger partial charge in [0, 0.05) is 84.1 Å². The van der Waals surface area contributed by atoms with Gasteiger partial charge >= 0.3 is 6.36 Å². The quantitative estimate of drug-likeness (QED) is 0.163. The number of nitrogens with one attached hydrogen (secondary N) is 1. The SMILES string of the molecule is CC(C)(C)CNCCCn1cc(-c2ccc(OC(F)(F)F)cc2)c2cc(CN3CCN(Cc4c(Cl)cccc4Cl)CC3)ccc21. The highest BCUT2D eigenvalue weighted by atomic mass is 35.5. The van der Waals surface area contributed by atoms with Crippen molar-refractivity contribution in [3.63, 3.8) is 0 Å². The Bertz CT molecular complexity index is 1550. The van der Waals surface area contributed by atoms with Crippen LogP contribution >= 0.6 is 23.2 Å². The molecule has 242 valence electrons. The van der Waals surface area contributed by atoms with Gasteiger partial charge in [-0.2, -0.15) is 0 Å². The Kier molecular flexibility index (Phi) is 10.7. The number of ether oxygens (including phenoxy) is 1. The van der Waals surface area contributed by atoms with Crippen molar-refractivity contribution in [3.05, 3.63) is 88.0 Å². The number of rotatable bonds is 11. The third-order valence-electron chi connectivity index (χ3n) is 8.07. The van der Waals surface area contributed by atoms with Gasteiger partial charge in [0.2, 0.25) is 0 Å². The highest BCUT2D eigenvalue weighted by Crippen LogP contribution is 2.34. The number of halogens is 5. The molecular weight excluding hydrogens is 620 g/mol. The van der Waals surface area contributed by atoms with Gasteiger partial charge in [-0.25, -0.2) is 0 Å². The van der Waals surface area contributed by atoms with Gasteiger partial charge < -0.3 is 14.6 Å². The zero-order valence-corrected chi connectivity index (χ0v) is 27.6. The minimum absolute atomic E-state index is 0.224. The van der Waals surface area contributed by atoms with E-state index in [2.05, 4.69) is 69.6 Å². The first-order valence-corrected chi connectivity index (χ1v) is 16.2. The van der Waals surface area contributed by atoms with Crippen molar-refractivity contribution in [2.45, 2.75) is 53.2 Å². The normalized spacial score (nSPS) is 15.2. The Morgan fingerprint density at radius 2 is 1.49 bits per heavy atom. The molecule has 1 saturated heterocycles. The van der Waals surface area contributed by atoms with Gasteiger partial charge in [-0.1, -0.05) is 68.2 Å². The summed E-state index contributed by atoms with van der Waals surface area (Å²) in [5, 5.41) is 6.03. The number of fused-ring (bicyclic) bond motifs is 1. The van der Waals surface area contributed by atoms with Gasteiger partial charge in [-0.05, 0) is 72.5 Å². The van der Waals surface area contributed by atoms with Crippen LogP contribution in [0.3, 0.4) is 0 Å². The molecule has 0 aliphatic carbocycles. The smallest absolute Gasteiger partial charge is 0.406 e. The standard InChI is InChI=1S/C35H41Cl2F3N4O/c1-34(2,3)24-41-14-5-15-44-23-29(26-9-11-27(12-10-26)45-35(38,39)40)28-20-25(8-13-33(28)44)21-42-16-18-43(19-17-42)22-30-31(36)6-4-7-32(30)37/h4,6-13,20,23,41H,5,14-19,21-22,24H2,1-3H3. The van der Waals surface area contributed by atoms with E-state index in [0.29, 0.717) is 10.0 Å². The molecule has 0 bridgehead atoms. The molecule has 0 unspecified atom stereocenters. The lowest BCUT2D eigenvalue weighted by Gasteiger charge is -2.35. The lowest BCUT2D eigenvalue weighted by atomic mass is 9.97. The zero-order chi connectivity index (χ0) is 32.2. The Morgan fingerprint density at radius 1 is 0.844 bits per heavy atom. The number of alkyl halides is 3. The third kappa shape index (κ3) is 9.39. The summed E-state index contributed by atoms with van der Waals surface area (Å²) < 4.78 is 44.6. The second kappa shape index (κ2) is 14.3. The summed E-state index contributed by atoms with van der Waals surface area (Å²) >= 11 is 12.8. The molecule has 45 heavy (non-hydrogen) atoms. The van der Waals surface area contributed by atoms with Crippen LogP contribution in [0.25, 0.3) is 22.0 Å². The molecule has 1 N–H and O–H groups in total. The van der Waals surface area contributed by atoms with Crippen molar-refractivity contribution in [2.24, 2.45) is 5.41 Å². The van der Waals surface area contributed by atoms with E-state index in [4.69, 9.17) is 23.2 Å². The summed E-state index contributed by atoms with van der Waals surface area (Å²) in [7, 11) is 0. The summed E-state index contributed by atoms with van der Waals surface area (Å²) in [6.07, 6.45) is -1.64. The molecule has 4 aromatic rings. The number of piperazine rings is 1. The number of aromatic nitrogens is 1. The lowest BCUT2D eigenvalue weighted by Crippen LogP contribution is -2.45. The molecule has 1 aromatic heterocycles. The monoisotopic (exact) mass is 660 g/mol. The van der Waals surface area contributed by atoms with Crippen LogP contribution in [-0.2, 0) is 19.6 Å². The molecule has 3 aromatic carbocycles. The van der Waals surface area contributed by atoms with Crippen molar-refractivity contribution < 1.29 is 17.9 Å². The fraction of sp³-hybridized carbons (Fsp3) is 0.429. The van der Waals surface area contributed by atoms with Crippen LogP contribution in [0, 0.1) is 5.41 Å². The summed E-state index contributed by atoms with van der Waals surface area (Å²) in [5.41, 5.74) is 5.36. The minimum atomic E-state index is -4.72. The van der Waals surface area contributed by atoms with Crippen LogP contribution in [0.5, 0.6) is 5.75 Å². The molecule has 0 atom stereocenters. The maximum Gasteiger partial charge on any atom is 0.573 e. The Balaban J connectivity index is 1.30. The van der Waals surface area contributed by atoms with E-state index < -0.39 is 6.36 Å². The number of nitrogens with zero attached hydrogens (tertiary/aromatic N) is 3. The number of hydrogen-bond acceptors (Lipinski definition) is 4. The molecule has 0 radical (unpaired) electrons. The van der Waals surface area contributed by atoms with Crippen molar-refractivity contribution in [1.29, 1.82) is 0 Å².